The van der Waals surface area contributed by atoms with Crippen LogP contribution in [0.15, 0.2) is 18.2 Å². The van der Waals surface area contributed by atoms with Gasteiger partial charge in [0.25, 0.3) is 5.91 Å². The van der Waals surface area contributed by atoms with Crippen LogP contribution >= 0.6 is 0 Å². The van der Waals surface area contributed by atoms with Gasteiger partial charge in [0.15, 0.2) is 17.7 Å². The smallest absolute Gasteiger partial charge is 0.263 e. The lowest BCUT2D eigenvalue weighted by Crippen LogP contribution is -2.50. The third-order valence-corrected chi connectivity index (χ3v) is 3.36. The van der Waals surface area contributed by atoms with Crippen LogP contribution in [0.4, 0.5) is 8.78 Å². The third kappa shape index (κ3) is 3.45. The number of likely N-dealkylation sites (N-methyl/N-ethyl adjacent to an activating group) is 1. The van der Waals surface area contributed by atoms with Crippen molar-refractivity contribution in [2.24, 2.45) is 0 Å². The molecule has 1 amide bonds. The molecule has 0 aliphatic carbocycles. The molecule has 110 valence electrons. The van der Waals surface area contributed by atoms with Crippen LogP contribution < -0.4 is 4.74 Å². The van der Waals surface area contributed by atoms with Gasteiger partial charge in [-0.3, -0.25) is 4.79 Å². The number of benzene rings is 1. The summed E-state index contributed by atoms with van der Waals surface area (Å²) in [6.07, 6.45) is -0.793. The quantitative estimate of drug-likeness (QED) is 0.843. The second kappa shape index (κ2) is 6.17. The van der Waals surface area contributed by atoms with Crippen LogP contribution in [0.2, 0.25) is 0 Å². The summed E-state index contributed by atoms with van der Waals surface area (Å²) < 4.78 is 31.6. The highest BCUT2D eigenvalue weighted by atomic mass is 19.1. The Balaban J connectivity index is 1.97. The first-order valence-corrected chi connectivity index (χ1v) is 6.56. The fourth-order valence-electron chi connectivity index (χ4n) is 2.10. The van der Waals surface area contributed by atoms with Crippen LogP contribution in [-0.2, 0) is 4.79 Å². The molecule has 4 nitrogen and oxygen atoms in total. The molecular weight excluding hydrogens is 266 g/mol. The molecule has 1 aliphatic heterocycles. The molecule has 1 aromatic carbocycles. The van der Waals surface area contributed by atoms with Crippen molar-refractivity contribution in [3.63, 3.8) is 0 Å². The van der Waals surface area contributed by atoms with Crippen LogP contribution in [0.25, 0.3) is 0 Å². The fourth-order valence-corrected chi connectivity index (χ4v) is 2.10. The Morgan fingerprint density at radius 2 is 1.90 bits per heavy atom. The van der Waals surface area contributed by atoms with Gasteiger partial charge in [0, 0.05) is 32.2 Å². The molecule has 0 radical (unpaired) electrons. The number of ether oxygens (including phenoxy) is 1. The van der Waals surface area contributed by atoms with Gasteiger partial charge < -0.3 is 14.5 Å². The van der Waals surface area contributed by atoms with Gasteiger partial charge >= 0.3 is 0 Å². The SMILES string of the molecule is C[C@H](Oc1ccc(F)cc1F)C(=O)N1CCN(C)CC1. The zero-order valence-electron chi connectivity index (χ0n) is 11.6. The third-order valence-electron chi connectivity index (χ3n) is 3.36. The molecule has 0 unspecified atom stereocenters. The van der Waals surface area contributed by atoms with Crippen LogP contribution in [0.1, 0.15) is 6.92 Å². The number of nitrogens with zero attached hydrogens (tertiary/aromatic N) is 2. The molecule has 0 N–H and O–H groups in total. The van der Waals surface area contributed by atoms with Gasteiger partial charge in [-0.05, 0) is 26.1 Å². The van der Waals surface area contributed by atoms with E-state index in [2.05, 4.69) is 4.90 Å². The summed E-state index contributed by atoms with van der Waals surface area (Å²) in [5.41, 5.74) is 0. The lowest BCUT2D eigenvalue weighted by molar-refractivity contribution is -0.139. The zero-order chi connectivity index (χ0) is 14.7. The molecule has 1 aliphatic rings. The van der Waals surface area contributed by atoms with Crippen molar-refractivity contribution >= 4 is 5.91 Å². The minimum Gasteiger partial charge on any atom is -0.478 e. The summed E-state index contributed by atoms with van der Waals surface area (Å²) in [4.78, 5) is 16.0. The van der Waals surface area contributed by atoms with Crippen LogP contribution in [0, 0.1) is 11.6 Å². The minimum absolute atomic E-state index is 0.110. The van der Waals surface area contributed by atoms with E-state index in [0.717, 1.165) is 25.2 Å². The topological polar surface area (TPSA) is 32.8 Å². The standard InChI is InChI=1S/C14H18F2N2O2/c1-10(14(19)18-7-5-17(2)6-8-18)20-13-4-3-11(15)9-12(13)16/h3-4,9-10H,5-8H2,1-2H3/t10-/m0/s1. The van der Waals surface area contributed by atoms with Crippen molar-refractivity contribution in [3.05, 3.63) is 29.8 Å². The highest BCUT2D eigenvalue weighted by molar-refractivity contribution is 5.81. The monoisotopic (exact) mass is 284 g/mol. The fraction of sp³-hybridized carbons (Fsp3) is 0.500. The first-order valence-electron chi connectivity index (χ1n) is 6.56. The molecule has 20 heavy (non-hydrogen) atoms. The molecule has 1 saturated heterocycles. The van der Waals surface area contributed by atoms with E-state index in [9.17, 15) is 13.6 Å². The van der Waals surface area contributed by atoms with E-state index >= 15 is 0 Å². The molecule has 2 rings (SSSR count). The zero-order valence-corrected chi connectivity index (χ0v) is 11.6. The molecule has 1 fully saturated rings. The predicted molar refractivity (Wildman–Crippen MR) is 70.5 cm³/mol. The Hall–Kier alpha value is -1.69. The second-order valence-corrected chi connectivity index (χ2v) is 4.96. The number of rotatable bonds is 3. The molecular formula is C14H18F2N2O2. The average molecular weight is 284 g/mol. The number of carbonyl (C=O) groups is 1. The molecule has 1 atom stereocenters. The Labute approximate surface area is 116 Å². The predicted octanol–water partition coefficient (Wildman–Crippen LogP) is 1.51. The summed E-state index contributed by atoms with van der Waals surface area (Å²) in [6.45, 7) is 4.46. The summed E-state index contributed by atoms with van der Waals surface area (Å²) in [5.74, 6) is -1.76. The number of carbonyl (C=O) groups excluding carboxylic acids is 1. The molecule has 6 heteroatoms. The molecule has 1 heterocycles. The van der Waals surface area contributed by atoms with Crippen LogP contribution in [0.3, 0.4) is 0 Å². The van der Waals surface area contributed by atoms with Crippen molar-refractivity contribution in [3.8, 4) is 5.75 Å². The van der Waals surface area contributed by atoms with Crippen molar-refractivity contribution in [2.75, 3.05) is 33.2 Å². The minimum atomic E-state index is -0.803. The Morgan fingerprint density at radius 1 is 1.25 bits per heavy atom. The van der Waals surface area contributed by atoms with Gasteiger partial charge in [-0.25, -0.2) is 8.78 Å². The van der Waals surface area contributed by atoms with Crippen molar-refractivity contribution in [2.45, 2.75) is 13.0 Å². The maximum atomic E-state index is 13.5. The summed E-state index contributed by atoms with van der Waals surface area (Å²) in [6, 6.07) is 3.03. The summed E-state index contributed by atoms with van der Waals surface area (Å²) >= 11 is 0. The number of amides is 1. The van der Waals surface area contributed by atoms with E-state index in [1.807, 2.05) is 7.05 Å². The molecule has 0 bridgehead atoms. The Kier molecular flexibility index (Phi) is 4.54. The van der Waals surface area contributed by atoms with Gasteiger partial charge in [0.2, 0.25) is 0 Å². The second-order valence-electron chi connectivity index (χ2n) is 4.96. The van der Waals surface area contributed by atoms with E-state index in [1.54, 1.807) is 11.8 Å². The molecule has 0 spiro atoms. The van der Waals surface area contributed by atoms with E-state index in [1.165, 1.54) is 6.07 Å². The van der Waals surface area contributed by atoms with Gasteiger partial charge in [-0.15, -0.1) is 0 Å². The van der Waals surface area contributed by atoms with Crippen LogP contribution in [-0.4, -0.2) is 55.0 Å². The Bertz CT molecular complexity index is 488. The lowest BCUT2D eigenvalue weighted by Gasteiger charge is -2.33. The van der Waals surface area contributed by atoms with E-state index in [0.29, 0.717) is 13.1 Å². The van der Waals surface area contributed by atoms with Gasteiger partial charge in [-0.1, -0.05) is 0 Å². The van der Waals surface area contributed by atoms with Gasteiger partial charge in [-0.2, -0.15) is 0 Å². The Morgan fingerprint density at radius 3 is 2.50 bits per heavy atom. The highest BCUT2D eigenvalue weighted by Crippen LogP contribution is 2.19. The maximum absolute atomic E-state index is 13.5. The van der Waals surface area contributed by atoms with E-state index in [-0.39, 0.29) is 11.7 Å². The maximum Gasteiger partial charge on any atom is 0.263 e. The number of piperazine rings is 1. The highest BCUT2D eigenvalue weighted by Gasteiger charge is 2.25. The van der Waals surface area contributed by atoms with Crippen molar-refractivity contribution in [1.82, 2.24) is 9.80 Å². The normalized spacial score (nSPS) is 17.9. The van der Waals surface area contributed by atoms with Crippen LogP contribution in [0.5, 0.6) is 5.75 Å². The lowest BCUT2D eigenvalue weighted by atomic mass is 10.2. The number of hydrogen-bond donors (Lipinski definition) is 0. The molecule has 1 aromatic rings. The summed E-state index contributed by atoms with van der Waals surface area (Å²) in [5, 5.41) is 0. The first-order chi connectivity index (χ1) is 9.47. The van der Waals surface area contributed by atoms with Gasteiger partial charge in [0.1, 0.15) is 5.82 Å². The van der Waals surface area contributed by atoms with Gasteiger partial charge in [0.05, 0.1) is 0 Å². The molecule has 0 saturated carbocycles. The van der Waals surface area contributed by atoms with Crippen molar-refractivity contribution in [1.29, 1.82) is 0 Å². The van der Waals surface area contributed by atoms with E-state index in [4.69, 9.17) is 4.74 Å². The first kappa shape index (κ1) is 14.7. The number of hydrogen-bond acceptors (Lipinski definition) is 3. The average Bonchev–Trinajstić information content (AvgIpc) is 2.42. The largest absolute Gasteiger partial charge is 0.478 e. The van der Waals surface area contributed by atoms with E-state index < -0.39 is 17.7 Å². The summed E-state index contributed by atoms with van der Waals surface area (Å²) in [7, 11) is 2.00. The molecule has 0 aromatic heterocycles. The number of halogens is 2. The van der Waals surface area contributed by atoms with Crippen molar-refractivity contribution < 1.29 is 18.3 Å².